The second kappa shape index (κ2) is 24.2. The normalized spacial score (nSPS) is 19.7. The van der Waals surface area contributed by atoms with Gasteiger partial charge in [0.25, 0.3) is 11.8 Å². The molecule has 68 heavy (non-hydrogen) atoms. The lowest BCUT2D eigenvalue weighted by Gasteiger charge is -2.33. The molecule has 368 valence electrons. The Balaban J connectivity index is 0.697. The number of nitrogens with one attached hydrogen (secondary N) is 4. The van der Waals surface area contributed by atoms with Crippen LogP contribution in [0, 0.1) is 0 Å². The highest BCUT2D eigenvalue weighted by Crippen LogP contribution is 2.38. The van der Waals surface area contributed by atoms with Gasteiger partial charge in [0, 0.05) is 74.7 Å². The van der Waals surface area contributed by atoms with Crippen molar-refractivity contribution in [2.75, 3.05) is 103 Å². The summed E-state index contributed by atoms with van der Waals surface area (Å²) in [5.41, 5.74) is 1.79. The van der Waals surface area contributed by atoms with Crippen LogP contribution in [-0.2, 0) is 23.9 Å². The number of anilines is 2. The fraction of sp³-hybridized carbons (Fsp3) is 0.620. The van der Waals surface area contributed by atoms with E-state index in [4.69, 9.17) is 28.9 Å². The number of amides is 5. The van der Waals surface area contributed by atoms with Crippen LogP contribution in [0.25, 0.3) is 10.9 Å². The average molecular weight is 940 g/mol. The van der Waals surface area contributed by atoms with Crippen molar-refractivity contribution in [1.29, 1.82) is 0 Å². The minimum Gasteiger partial charge on any atom is -0.493 e. The predicted molar refractivity (Wildman–Crippen MR) is 256 cm³/mol. The third kappa shape index (κ3) is 12.6. The molecule has 5 aliphatic rings. The Hall–Kier alpha value is -5.43. The van der Waals surface area contributed by atoms with Crippen molar-refractivity contribution >= 4 is 51.9 Å². The van der Waals surface area contributed by atoms with E-state index < -0.39 is 29.7 Å². The lowest BCUT2D eigenvalue weighted by atomic mass is 9.88. The molecule has 5 heterocycles. The number of nitrogens with zero attached hydrogens (tertiary/aromatic N) is 5. The molecule has 3 aromatic rings. The molecule has 4 N–H and O–H groups in total. The largest absolute Gasteiger partial charge is 0.493 e. The predicted octanol–water partition coefficient (Wildman–Crippen LogP) is 4.87. The molecule has 1 aliphatic carbocycles. The van der Waals surface area contributed by atoms with E-state index in [9.17, 15) is 24.0 Å². The van der Waals surface area contributed by atoms with Crippen molar-refractivity contribution in [3.8, 4) is 11.5 Å². The minimum absolute atomic E-state index is 0.00996. The lowest BCUT2D eigenvalue weighted by molar-refractivity contribution is -0.136. The number of hydrogen-bond donors (Lipinski definition) is 4. The Labute approximate surface area is 398 Å². The van der Waals surface area contributed by atoms with Gasteiger partial charge in [-0.3, -0.25) is 34.2 Å². The molecule has 5 amide bonds. The smallest absolute Gasteiger partial charge is 0.264 e. The highest BCUT2D eigenvalue weighted by molar-refractivity contribution is 6.25. The maximum absolute atomic E-state index is 13.3. The molecular weight excluding hydrogens is 871 g/mol. The van der Waals surface area contributed by atoms with E-state index in [1.54, 1.807) is 25.3 Å². The fourth-order valence-electron chi connectivity index (χ4n) is 10.1. The van der Waals surface area contributed by atoms with Crippen molar-refractivity contribution in [2.45, 2.75) is 108 Å². The number of fused-ring (bicyclic) bond motifs is 2. The van der Waals surface area contributed by atoms with Crippen molar-refractivity contribution in [3.63, 3.8) is 0 Å². The maximum atomic E-state index is 13.3. The van der Waals surface area contributed by atoms with Crippen LogP contribution in [0.3, 0.4) is 0 Å². The highest BCUT2D eigenvalue weighted by Gasteiger charge is 2.45. The van der Waals surface area contributed by atoms with Crippen LogP contribution in [0.1, 0.15) is 122 Å². The molecule has 4 fully saturated rings. The van der Waals surface area contributed by atoms with E-state index in [-0.39, 0.29) is 35.9 Å². The van der Waals surface area contributed by atoms with Gasteiger partial charge in [-0.15, -0.1) is 0 Å². The van der Waals surface area contributed by atoms with Gasteiger partial charge >= 0.3 is 0 Å². The Morgan fingerprint density at radius 3 is 2.29 bits per heavy atom. The van der Waals surface area contributed by atoms with Crippen molar-refractivity contribution in [1.82, 2.24) is 35.3 Å². The molecule has 0 bridgehead atoms. The summed E-state index contributed by atoms with van der Waals surface area (Å²) in [6, 6.07) is 8.27. The van der Waals surface area contributed by atoms with Crippen LogP contribution in [0.15, 0.2) is 30.3 Å². The number of imide groups is 2. The standard InChI is InChI=1S/C50H69N9O9/c1-65-41-32-37-39(33-42(41)68-27-9-24-57-21-5-6-22-57)54-46(34-10-3-2-4-11-34)56-47(37)53-35-17-25-58(26-18-35)23-8-14-43(60)52-20-29-67-31-30-66-28-19-51-38-13-7-12-36-45(38)50(64)59(49(36)63)40-15-16-44(61)55-48(40)62/h7,12-13,32-35,40,51H,2-6,8-11,14-31H2,1H3,(H,52,60)(H,53,54,56)(H,55,61,62). The molecule has 18 heteroatoms. The summed E-state index contributed by atoms with van der Waals surface area (Å²) in [6.07, 6.45) is 12.9. The first kappa shape index (κ1) is 49.0. The summed E-state index contributed by atoms with van der Waals surface area (Å²) in [5, 5.41) is 13.1. The molecule has 4 aliphatic heterocycles. The molecule has 1 aromatic heterocycles. The van der Waals surface area contributed by atoms with Crippen LogP contribution in [0.2, 0.25) is 0 Å². The van der Waals surface area contributed by atoms with Crippen LogP contribution in [0.5, 0.6) is 11.5 Å². The number of methoxy groups -OCH3 is 1. The van der Waals surface area contributed by atoms with Gasteiger partial charge < -0.3 is 44.7 Å². The second-order valence-corrected chi connectivity index (χ2v) is 18.6. The maximum Gasteiger partial charge on any atom is 0.264 e. The van der Waals surface area contributed by atoms with Gasteiger partial charge in [0.05, 0.1) is 56.8 Å². The minimum atomic E-state index is -1.02. The van der Waals surface area contributed by atoms with E-state index in [0.717, 1.165) is 97.9 Å². The van der Waals surface area contributed by atoms with Crippen LogP contribution in [-0.4, -0.2) is 159 Å². The van der Waals surface area contributed by atoms with E-state index in [2.05, 4.69) is 31.1 Å². The summed E-state index contributed by atoms with van der Waals surface area (Å²) >= 11 is 0. The Kier molecular flexibility index (Phi) is 17.5. The monoisotopic (exact) mass is 940 g/mol. The molecule has 8 rings (SSSR count). The van der Waals surface area contributed by atoms with E-state index >= 15 is 0 Å². The zero-order valence-electron chi connectivity index (χ0n) is 39.6. The average Bonchev–Trinajstić information content (AvgIpc) is 3.97. The first-order valence-corrected chi connectivity index (χ1v) is 25.0. The highest BCUT2D eigenvalue weighted by atomic mass is 16.5. The zero-order chi connectivity index (χ0) is 47.2. The van der Waals surface area contributed by atoms with Gasteiger partial charge in [0.1, 0.15) is 17.7 Å². The van der Waals surface area contributed by atoms with Crippen molar-refractivity contribution < 1.29 is 42.9 Å². The number of rotatable bonds is 24. The van der Waals surface area contributed by atoms with E-state index in [1.165, 1.54) is 45.2 Å². The van der Waals surface area contributed by atoms with Gasteiger partial charge in [-0.2, -0.15) is 0 Å². The van der Waals surface area contributed by atoms with Gasteiger partial charge in [-0.1, -0.05) is 25.3 Å². The molecule has 2 aromatic carbocycles. The van der Waals surface area contributed by atoms with Crippen molar-refractivity contribution in [3.05, 3.63) is 47.3 Å². The van der Waals surface area contributed by atoms with E-state index in [1.807, 2.05) is 12.1 Å². The Morgan fingerprint density at radius 1 is 0.779 bits per heavy atom. The summed E-state index contributed by atoms with van der Waals surface area (Å²) in [5.74, 6) is 1.45. The summed E-state index contributed by atoms with van der Waals surface area (Å²) in [7, 11) is 1.69. The van der Waals surface area contributed by atoms with Crippen LogP contribution in [0.4, 0.5) is 11.5 Å². The quantitative estimate of drug-likeness (QED) is 0.0699. The number of carbonyl (C=O) groups is 5. The molecule has 18 nitrogen and oxygen atoms in total. The molecule has 1 unspecified atom stereocenters. The van der Waals surface area contributed by atoms with Crippen LogP contribution >= 0.6 is 0 Å². The van der Waals surface area contributed by atoms with Crippen LogP contribution < -0.4 is 30.7 Å². The molecule has 1 atom stereocenters. The van der Waals surface area contributed by atoms with Crippen molar-refractivity contribution in [2.24, 2.45) is 0 Å². The number of ether oxygens (including phenoxy) is 4. The van der Waals surface area contributed by atoms with Gasteiger partial charge in [-0.25, -0.2) is 9.97 Å². The molecule has 0 radical (unpaired) electrons. The van der Waals surface area contributed by atoms with Gasteiger partial charge in [-0.05, 0) is 95.6 Å². The molecule has 3 saturated heterocycles. The molecule has 0 spiro atoms. The van der Waals surface area contributed by atoms with Gasteiger partial charge in [0.15, 0.2) is 11.5 Å². The summed E-state index contributed by atoms with van der Waals surface area (Å²) in [4.78, 5) is 79.2. The third-order valence-corrected chi connectivity index (χ3v) is 13.8. The first-order valence-electron chi connectivity index (χ1n) is 25.0. The zero-order valence-corrected chi connectivity index (χ0v) is 39.6. The second-order valence-electron chi connectivity index (χ2n) is 18.6. The first-order chi connectivity index (χ1) is 33.2. The molecular formula is C50H69N9O9. The van der Waals surface area contributed by atoms with Gasteiger partial charge in [0.2, 0.25) is 17.7 Å². The number of aromatic nitrogens is 2. The number of piperidine rings is 2. The fourth-order valence-corrected chi connectivity index (χ4v) is 10.1. The summed E-state index contributed by atoms with van der Waals surface area (Å²) in [6.45, 7) is 9.01. The number of benzene rings is 2. The van der Waals surface area contributed by atoms with E-state index in [0.29, 0.717) is 69.9 Å². The SMILES string of the molecule is COc1cc2c(NC3CCN(CCCC(=O)NCCOCCOCCNc4cccc5c4C(=O)N(C4CCC(=O)NC4=O)C5=O)CC3)nc(C3CCCCC3)nc2cc1OCCCN1CCCC1. The Morgan fingerprint density at radius 2 is 1.53 bits per heavy atom. The molecule has 1 saturated carbocycles. The number of likely N-dealkylation sites (tertiary alicyclic amines) is 2. The lowest BCUT2D eigenvalue weighted by Crippen LogP contribution is -2.54. The Bertz CT molecular complexity index is 2240. The number of carbonyl (C=O) groups excluding carboxylic acids is 5. The number of hydrogen-bond acceptors (Lipinski definition) is 15. The summed E-state index contributed by atoms with van der Waals surface area (Å²) < 4.78 is 23.5. The topological polar surface area (TPSA) is 206 Å². The third-order valence-electron chi connectivity index (χ3n) is 13.8.